The lowest BCUT2D eigenvalue weighted by atomic mass is 9.62. The maximum atomic E-state index is 6.12. The molecule has 1 fully saturated rings. The molecule has 0 heterocycles. The van der Waals surface area contributed by atoms with Crippen molar-refractivity contribution < 1.29 is 9.47 Å². The average Bonchev–Trinajstić information content (AvgIpc) is 3.06. The van der Waals surface area contributed by atoms with Gasteiger partial charge in [-0.3, -0.25) is 0 Å². The topological polar surface area (TPSA) is 70.5 Å². The van der Waals surface area contributed by atoms with Gasteiger partial charge in [0.15, 0.2) is 0 Å². The average molecular weight is 583 g/mol. The molecule has 4 nitrogen and oxygen atoms in total. The second-order valence-corrected chi connectivity index (χ2v) is 12.2. The highest BCUT2D eigenvalue weighted by molar-refractivity contribution is 5.47. The van der Waals surface area contributed by atoms with Gasteiger partial charge in [0.05, 0.1) is 0 Å². The summed E-state index contributed by atoms with van der Waals surface area (Å²) in [7, 11) is 0. The van der Waals surface area contributed by atoms with E-state index in [1.807, 2.05) is 48.5 Å². The third-order valence-corrected chi connectivity index (χ3v) is 9.09. The first kappa shape index (κ1) is 29.4. The molecule has 0 saturated heterocycles. The van der Waals surface area contributed by atoms with E-state index in [1.54, 1.807) is 0 Å². The number of nitrogen functional groups attached to an aromatic ring is 2. The summed E-state index contributed by atoms with van der Waals surface area (Å²) in [5, 5.41) is 0. The Morgan fingerprint density at radius 3 is 1.34 bits per heavy atom. The monoisotopic (exact) mass is 582 g/mol. The van der Waals surface area contributed by atoms with E-state index in [4.69, 9.17) is 20.9 Å². The molecule has 5 aromatic carbocycles. The molecule has 0 amide bonds. The minimum absolute atomic E-state index is 0.0685. The molecule has 0 spiro atoms. The summed E-state index contributed by atoms with van der Waals surface area (Å²) in [5.41, 5.74) is 18.6. The number of hydrogen-bond acceptors (Lipinski definition) is 4. The van der Waals surface area contributed by atoms with Crippen LogP contribution in [0.15, 0.2) is 121 Å². The van der Waals surface area contributed by atoms with E-state index < -0.39 is 0 Å². The first-order valence-corrected chi connectivity index (χ1v) is 15.8. The second-order valence-electron chi connectivity index (χ2n) is 12.2. The molecule has 6 rings (SSSR count). The van der Waals surface area contributed by atoms with Gasteiger partial charge in [-0.05, 0) is 139 Å². The van der Waals surface area contributed by atoms with Crippen LogP contribution in [0, 0.1) is 5.92 Å². The molecule has 1 aliphatic carbocycles. The van der Waals surface area contributed by atoms with E-state index in [9.17, 15) is 0 Å². The van der Waals surface area contributed by atoms with Crippen LogP contribution in [-0.4, -0.2) is 0 Å². The van der Waals surface area contributed by atoms with Gasteiger partial charge < -0.3 is 20.9 Å². The predicted molar refractivity (Wildman–Crippen MR) is 182 cm³/mol. The van der Waals surface area contributed by atoms with Gasteiger partial charge in [-0.15, -0.1) is 0 Å². The van der Waals surface area contributed by atoms with Crippen molar-refractivity contribution in [3.8, 4) is 23.0 Å². The standard InChI is InChI=1S/C40H42N2O2/c1-2-3-29-4-6-30(7-5-29)28-31-24-26-40(27-25-31,32-8-16-36(17-9-32)43-38-20-12-34(41)13-21-38)33-10-18-37(19-11-33)44-39-22-14-35(42)15-23-39/h4-23,31H,2-3,24-28,41-42H2,1H3. The molecular formula is C40H42N2O2. The molecule has 0 aromatic heterocycles. The van der Waals surface area contributed by atoms with E-state index in [0.717, 1.165) is 60.1 Å². The third-order valence-electron chi connectivity index (χ3n) is 9.09. The van der Waals surface area contributed by atoms with Crippen molar-refractivity contribution >= 4 is 11.4 Å². The molecule has 1 aliphatic rings. The van der Waals surface area contributed by atoms with Crippen molar-refractivity contribution in [1.29, 1.82) is 0 Å². The number of nitrogens with two attached hydrogens (primary N) is 2. The Morgan fingerprint density at radius 1 is 0.545 bits per heavy atom. The van der Waals surface area contributed by atoms with Crippen molar-refractivity contribution in [2.24, 2.45) is 5.92 Å². The van der Waals surface area contributed by atoms with Gasteiger partial charge in [0.2, 0.25) is 0 Å². The number of aryl methyl sites for hydroxylation is 1. The quantitative estimate of drug-likeness (QED) is 0.161. The van der Waals surface area contributed by atoms with Crippen LogP contribution in [0.3, 0.4) is 0 Å². The Labute approximate surface area is 261 Å². The van der Waals surface area contributed by atoms with Gasteiger partial charge in [0.25, 0.3) is 0 Å². The van der Waals surface area contributed by atoms with Crippen LogP contribution in [-0.2, 0) is 18.3 Å². The van der Waals surface area contributed by atoms with E-state index in [2.05, 4.69) is 79.7 Å². The molecular weight excluding hydrogens is 540 g/mol. The Balaban J connectivity index is 1.22. The van der Waals surface area contributed by atoms with Crippen LogP contribution >= 0.6 is 0 Å². The zero-order valence-electron chi connectivity index (χ0n) is 25.5. The molecule has 1 saturated carbocycles. The Morgan fingerprint density at radius 2 is 0.932 bits per heavy atom. The SMILES string of the molecule is CCCc1ccc(CC2CCC(c3ccc(Oc4ccc(N)cc4)cc3)(c3ccc(Oc4ccc(N)cc4)cc3)CC2)cc1. The van der Waals surface area contributed by atoms with Crippen molar-refractivity contribution in [2.75, 3.05) is 11.5 Å². The molecule has 4 heteroatoms. The third kappa shape index (κ3) is 6.92. The lowest BCUT2D eigenvalue weighted by Gasteiger charge is -2.41. The summed E-state index contributed by atoms with van der Waals surface area (Å²) in [6.45, 7) is 2.24. The summed E-state index contributed by atoms with van der Waals surface area (Å²) in [6.07, 6.45) is 8.05. The van der Waals surface area contributed by atoms with Crippen molar-refractivity contribution in [3.05, 3.63) is 144 Å². The van der Waals surface area contributed by atoms with Gasteiger partial charge in [-0.1, -0.05) is 61.9 Å². The predicted octanol–water partition coefficient (Wildman–Crippen LogP) is 10.1. The van der Waals surface area contributed by atoms with Crippen LogP contribution in [0.5, 0.6) is 23.0 Å². The van der Waals surface area contributed by atoms with Crippen molar-refractivity contribution in [3.63, 3.8) is 0 Å². The number of rotatable bonds is 10. The highest BCUT2D eigenvalue weighted by atomic mass is 16.5. The molecule has 0 radical (unpaired) electrons. The summed E-state index contributed by atoms with van der Waals surface area (Å²) in [4.78, 5) is 0. The fourth-order valence-electron chi connectivity index (χ4n) is 6.61. The second kappa shape index (κ2) is 13.3. The lowest BCUT2D eigenvalue weighted by Crippen LogP contribution is -2.33. The van der Waals surface area contributed by atoms with Gasteiger partial charge in [-0.25, -0.2) is 0 Å². The van der Waals surface area contributed by atoms with Gasteiger partial charge in [-0.2, -0.15) is 0 Å². The van der Waals surface area contributed by atoms with Crippen molar-refractivity contribution in [1.82, 2.24) is 0 Å². The molecule has 5 aromatic rings. The van der Waals surface area contributed by atoms with Crippen LogP contribution in [0.25, 0.3) is 0 Å². The number of ether oxygens (including phenoxy) is 2. The Hall–Kier alpha value is -4.70. The van der Waals surface area contributed by atoms with E-state index in [0.29, 0.717) is 5.92 Å². The molecule has 0 bridgehead atoms. The molecule has 224 valence electrons. The van der Waals surface area contributed by atoms with Crippen LogP contribution in [0.2, 0.25) is 0 Å². The molecule has 4 N–H and O–H groups in total. The zero-order valence-corrected chi connectivity index (χ0v) is 25.5. The Kier molecular flexibility index (Phi) is 8.88. The molecule has 0 unspecified atom stereocenters. The summed E-state index contributed by atoms with van der Waals surface area (Å²) in [6, 6.07) is 41.7. The minimum Gasteiger partial charge on any atom is -0.457 e. The van der Waals surface area contributed by atoms with Gasteiger partial charge in [0.1, 0.15) is 23.0 Å². The summed E-state index contributed by atoms with van der Waals surface area (Å²) < 4.78 is 12.2. The first-order valence-electron chi connectivity index (χ1n) is 15.8. The summed E-state index contributed by atoms with van der Waals surface area (Å²) >= 11 is 0. The fraction of sp³-hybridized carbons (Fsp3) is 0.250. The normalized spacial score (nSPS) is 14.7. The lowest BCUT2D eigenvalue weighted by molar-refractivity contribution is 0.264. The maximum absolute atomic E-state index is 6.12. The fourth-order valence-corrected chi connectivity index (χ4v) is 6.61. The van der Waals surface area contributed by atoms with Crippen LogP contribution in [0.4, 0.5) is 11.4 Å². The minimum atomic E-state index is -0.0685. The van der Waals surface area contributed by atoms with E-state index in [1.165, 1.54) is 41.5 Å². The maximum Gasteiger partial charge on any atom is 0.127 e. The summed E-state index contributed by atoms with van der Waals surface area (Å²) in [5.74, 6) is 3.88. The molecule has 0 aliphatic heterocycles. The first-order chi connectivity index (χ1) is 21.5. The highest BCUT2D eigenvalue weighted by Crippen LogP contribution is 2.48. The van der Waals surface area contributed by atoms with E-state index in [-0.39, 0.29) is 5.41 Å². The smallest absolute Gasteiger partial charge is 0.127 e. The zero-order chi connectivity index (χ0) is 30.4. The number of anilines is 2. The highest BCUT2D eigenvalue weighted by Gasteiger charge is 2.38. The van der Waals surface area contributed by atoms with E-state index >= 15 is 0 Å². The molecule has 0 atom stereocenters. The van der Waals surface area contributed by atoms with Crippen LogP contribution in [0.1, 0.15) is 61.3 Å². The largest absolute Gasteiger partial charge is 0.457 e. The van der Waals surface area contributed by atoms with Gasteiger partial charge >= 0.3 is 0 Å². The number of hydrogen-bond donors (Lipinski definition) is 2. The van der Waals surface area contributed by atoms with Crippen LogP contribution < -0.4 is 20.9 Å². The van der Waals surface area contributed by atoms with Gasteiger partial charge in [0, 0.05) is 16.8 Å². The Bertz CT molecular complexity index is 1520. The number of benzene rings is 5. The van der Waals surface area contributed by atoms with Crippen molar-refractivity contribution in [2.45, 2.75) is 57.3 Å². The molecule has 44 heavy (non-hydrogen) atoms.